The minimum atomic E-state index is -4.49. The van der Waals surface area contributed by atoms with Crippen molar-refractivity contribution in [2.45, 2.75) is 134 Å². The first kappa shape index (κ1) is 50.0. The van der Waals surface area contributed by atoms with Crippen molar-refractivity contribution in [2.75, 3.05) is 49.1 Å². The Hall–Kier alpha value is -4.84. The Bertz CT molecular complexity index is 2470. The molecule has 0 atom stereocenters. The van der Waals surface area contributed by atoms with E-state index in [4.69, 9.17) is 13.3 Å². The van der Waals surface area contributed by atoms with E-state index in [0.717, 1.165) is 62.8 Å². The highest BCUT2D eigenvalue weighted by Crippen LogP contribution is 2.46. The van der Waals surface area contributed by atoms with E-state index in [1.807, 2.05) is 16.7 Å². The molecular weight excluding hydrogens is 899 g/mol. The van der Waals surface area contributed by atoms with Gasteiger partial charge in [-0.15, -0.1) is 0 Å². The minimum Gasteiger partial charge on any atom is -0.449 e. The lowest BCUT2D eigenvalue weighted by Crippen LogP contribution is -2.55. The lowest BCUT2D eigenvalue weighted by atomic mass is 9.75. The van der Waals surface area contributed by atoms with Crippen LogP contribution in [-0.4, -0.2) is 76.6 Å². The van der Waals surface area contributed by atoms with Crippen molar-refractivity contribution < 1.29 is 58.8 Å². The number of alkyl halides is 6. The van der Waals surface area contributed by atoms with E-state index in [1.54, 1.807) is 0 Å². The number of halogens is 6. The molecule has 0 spiro atoms. The predicted octanol–water partition coefficient (Wildman–Crippen LogP) is 11.5. The number of ketones is 2. The van der Waals surface area contributed by atoms with Gasteiger partial charge in [-0.05, 0) is 118 Å². The Morgan fingerprint density at radius 2 is 1.16 bits per heavy atom. The maximum Gasteiger partial charge on any atom is 0.416 e. The molecule has 2 N–H and O–H groups in total. The molecule has 2 aromatic carbocycles. The average Bonchev–Trinajstić information content (AvgIpc) is 3.75. The van der Waals surface area contributed by atoms with Gasteiger partial charge in [0, 0.05) is 69.3 Å². The van der Waals surface area contributed by atoms with Gasteiger partial charge in [0.2, 0.25) is 11.5 Å². The normalized spacial score (nSPS) is 21.3. The third-order valence-electron chi connectivity index (χ3n) is 14.6. The third-order valence-corrected chi connectivity index (χ3v) is 19.1. The molecular formula is C49H62F6N4O7Si. The molecule has 2 aromatic heterocycles. The van der Waals surface area contributed by atoms with Gasteiger partial charge in [-0.25, -0.2) is 0 Å². The summed E-state index contributed by atoms with van der Waals surface area (Å²) in [5.41, 5.74) is -0.869. The first-order chi connectivity index (χ1) is 31.4. The number of anilines is 2. The SMILES string of the molecule is CCC(=O)C1(O[Si](C)(C)C(C)(C)C)CCC(CCN2CCNC(=O)c3oc4ccc(C(F)(F)F)cc4c32)CC1.O=C1CCC(CCN2CCNC(=O)c3oc4ccc(C(F)(F)F)cc4c32)CC1. The van der Waals surface area contributed by atoms with Gasteiger partial charge in [0.05, 0.1) is 22.5 Å². The van der Waals surface area contributed by atoms with E-state index >= 15 is 0 Å². The Balaban J connectivity index is 0.000000209. The molecule has 2 amide bonds. The Morgan fingerprint density at radius 3 is 1.57 bits per heavy atom. The van der Waals surface area contributed by atoms with E-state index in [2.05, 4.69) is 44.5 Å². The van der Waals surface area contributed by atoms with Gasteiger partial charge < -0.3 is 33.7 Å². The number of fused-ring (bicyclic) bond motifs is 6. The number of amides is 2. The molecule has 2 saturated carbocycles. The van der Waals surface area contributed by atoms with Gasteiger partial charge in [0.25, 0.3) is 11.8 Å². The number of furan rings is 2. The molecule has 0 saturated heterocycles. The fourth-order valence-corrected chi connectivity index (χ4v) is 11.3. The number of rotatable bonds is 10. The lowest BCUT2D eigenvalue weighted by Gasteiger charge is -2.47. The maximum absolute atomic E-state index is 13.5. The number of nitrogens with zero attached hydrogens (tertiary/aromatic N) is 2. The van der Waals surface area contributed by atoms with Gasteiger partial charge in [0.15, 0.2) is 14.1 Å². The average molecular weight is 961 g/mol. The van der Waals surface area contributed by atoms with Crippen LogP contribution in [0.25, 0.3) is 21.9 Å². The van der Waals surface area contributed by atoms with Crippen molar-refractivity contribution in [3.8, 4) is 0 Å². The zero-order valence-electron chi connectivity index (χ0n) is 39.2. The Morgan fingerprint density at radius 1 is 0.731 bits per heavy atom. The molecule has 366 valence electrons. The highest BCUT2D eigenvalue weighted by molar-refractivity contribution is 6.74. The number of carbonyl (C=O) groups excluding carboxylic acids is 4. The summed E-state index contributed by atoms with van der Waals surface area (Å²) in [6.07, 6.45) is -0.922. The molecule has 8 rings (SSSR count). The summed E-state index contributed by atoms with van der Waals surface area (Å²) in [4.78, 5) is 53.5. The van der Waals surface area contributed by atoms with Crippen molar-refractivity contribution in [1.29, 1.82) is 0 Å². The van der Waals surface area contributed by atoms with Crippen LogP contribution >= 0.6 is 0 Å². The number of hydrogen-bond acceptors (Lipinski definition) is 9. The largest absolute Gasteiger partial charge is 0.449 e. The monoisotopic (exact) mass is 960 g/mol. The van der Waals surface area contributed by atoms with Crippen LogP contribution in [0.1, 0.15) is 131 Å². The van der Waals surface area contributed by atoms with E-state index in [-0.39, 0.29) is 33.5 Å². The topological polar surface area (TPSA) is 134 Å². The van der Waals surface area contributed by atoms with Gasteiger partial charge in [-0.3, -0.25) is 19.2 Å². The molecule has 2 aliphatic heterocycles. The Kier molecular flexibility index (Phi) is 14.4. The third kappa shape index (κ3) is 10.9. The molecule has 18 heteroatoms. The smallest absolute Gasteiger partial charge is 0.416 e. The van der Waals surface area contributed by atoms with Gasteiger partial charge in [-0.1, -0.05) is 27.7 Å². The number of hydrogen-bond donors (Lipinski definition) is 2. The molecule has 0 bridgehead atoms. The minimum absolute atomic E-state index is 0.000165. The Labute approximate surface area is 387 Å². The number of nitrogens with one attached hydrogen (secondary N) is 2. The molecule has 11 nitrogen and oxygen atoms in total. The first-order valence-corrected chi connectivity index (χ1v) is 26.4. The van der Waals surface area contributed by atoms with Gasteiger partial charge >= 0.3 is 12.4 Å². The molecule has 0 radical (unpaired) electrons. The lowest BCUT2D eigenvalue weighted by molar-refractivity contribution is -0.139. The molecule has 2 aliphatic carbocycles. The van der Waals surface area contributed by atoms with Gasteiger partial charge in [0.1, 0.15) is 22.6 Å². The van der Waals surface area contributed by atoms with Crippen LogP contribution in [0.4, 0.5) is 37.7 Å². The van der Waals surface area contributed by atoms with Crippen LogP contribution in [0.5, 0.6) is 0 Å². The van der Waals surface area contributed by atoms with Crippen LogP contribution in [-0.2, 0) is 26.4 Å². The van der Waals surface area contributed by atoms with Crippen molar-refractivity contribution in [3.05, 3.63) is 59.0 Å². The maximum atomic E-state index is 13.5. The van der Waals surface area contributed by atoms with E-state index < -0.39 is 49.2 Å². The van der Waals surface area contributed by atoms with Crippen LogP contribution in [0.15, 0.2) is 45.2 Å². The second kappa shape index (κ2) is 19.3. The second-order valence-electron chi connectivity index (χ2n) is 20.1. The molecule has 2 fully saturated rings. The summed E-state index contributed by atoms with van der Waals surface area (Å²) in [6, 6.07) is 6.63. The van der Waals surface area contributed by atoms with Crippen molar-refractivity contribution in [1.82, 2.24) is 10.6 Å². The number of Topliss-reactive ketones (excluding diaryl/α,β-unsaturated/α-hetero) is 2. The summed E-state index contributed by atoms with van der Waals surface area (Å²) < 4.78 is 98.1. The van der Waals surface area contributed by atoms with Crippen LogP contribution in [0.2, 0.25) is 18.1 Å². The van der Waals surface area contributed by atoms with Crippen LogP contribution < -0.4 is 20.4 Å². The fourth-order valence-electron chi connectivity index (χ4n) is 9.70. The summed E-state index contributed by atoms with van der Waals surface area (Å²) in [5, 5.41) is 6.14. The molecule has 67 heavy (non-hydrogen) atoms. The second-order valence-corrected chi connectivity index (χ2v) is 24.8. The number of benzene rings is 2. The molecule has 4 aliphatic rings. The zero-order chi connectivity index (χ0) is 48.7. The summed E-state index contributed by atoms with van der Waals surface area (Å²) in [7, 11) is -2.16. The van der Waals surface area contributed by atoms with Crippen LogP contribution in [0, 0.1) is 11.8 Å². The van der Waals surface area contributed by atoms with Crippen molar-refractivity contribution >= 4 is 65.0 Å². The quantitative estimate of drug-likeness (QED) is 0.118. The summed E-state index contributed by atoms with van der Waals surface area (Å²) in [6.45, 7) is 15.8. The van der Waals surface area contributed by atoms with Crippen molar-refractivity contribution in [2.24, 2.45) is 11.8 Å². The van der Waals surface area contributed by atoms with Crippen molar-refractivity contribution in [3.63, 3.8) is 0 Å². The summed E-state index contributed by atoms with van der Waals surface area (Å²) in [5.74, 6) is 0.529. The number of carbonyl (C=O) groups is 4. The van der Waals surface area contributed by atoms with E-state index in [9.17, 15) is 45.5 Å². The van der Waals surface area contributed by atoms with Gasteiger partial charge in [-0.2, -0.15) is 26.3 Å². The standard InChI is InChI=1S/C29H41F3N2O4Si.C20H21F3N2O3/c1-7-23(35)28(38-39(5,6)27(2,3)4)13-10-19(11-14-28)12-16-34-17-15-33-26(36)25-24(34)21-18-20(29(30,31)32)8-9-22(21)37-25;21-20(22,23)13-3-6-16-15(11-13)17-18(28-16)19(27)24-8-10-25(17)9-7-12-1-4-14(26)5-2-12/h8-9,18-19H,7,10-17H2,1-6H3,(H,33,36);3,6,11-12H,1-2,4-5,7-10H2,(H,24,27). The van der Waals surface area contributed by atoms with Crippen LogP contribution in [0.3, 0.4) is 0 Å². The molecule has 0 unspecified atom stereocenters. The summed E-state index contributed by atoms with van der Waals surface area (Å²) >= 11 is 0. The highest BCUT2D eigenvalue weighted by Gasteiger charge is 2.49. The zero-order valence-corrected chi connectivity index (χ0v) is 40.2. The molecule has 4 heterocycles. The highest BCUT2D eigenvalue weighted by atomic mass is 28.4. The van der Waals surface area contributed by atoms with E-state index in [1.165, 1.54) is 12.1 Å². The fraction of sp³-hybridized carbons (Fsp3) is 0.592. The molecule has 4 aromatic rings. The predicted molar refractivity (Wildman–Crippen MR) is 246 cm³/mol. The van der Waals surface area contributed by atoms with E-state index in [0.29, 0.717) is 111 Å². The first-order valence-electron chi connectivity index (χ1n) is 23.5.